The molecular weight excluding hydrogens is 354 g/mol. The molecule has 2 saturated heterocycles. The summed E-state index contributed by atoms with van der Waals surface area (Å²) in [5, 5.41) is 61.8. The minimum atomic E-state index is -1.67. The molecule has 11 heteroatoms. The number of aliphatic hydroxyl groups is 6. The molecule has 7 N–H and O–H groups in total. The average Bonchev–Trinajstić information content (AvgIpc) is 2.60. The van der Waals surface area contributed by atoms with Crippen molar-refractivity contribution in [1.29, 1.82) is 0 Å². The van der Waals surface area contributed by atoms with Crippen LogP contribution < -0.4 is 5.32 Å². The summed E-state index contributed by atoms with van der Waals surface area (Å²) in [4.78, 5) is 11.2. The van der Waals surface area contributed by atoms with Crippen molar-refractivity contribution < 1.29 is 49.6 Å². The van der Waals surface area contributed by atoms with Gasteiger partial charge >= 0.3 is 0 Å². The van der Waals surface area contributed by atoms with Crippen molar-refractivity contribution >= 4 is 5.91 Å². The lowest BCUT2D eigenvalue weighted by Crippen LogP contribution is -2.66. The van der Waals surface area contributed by atoms with Gasteiger partial charge in [0.05, 0.1) is 6.61 Å². The normalized spacial score (nSPS) is 46.6. The Labute approximate surface area is 149 Å². The zero-order valence-corrected chi connectivity index (χ0v) is 14.1. The van der Waals surface area contributed by atoms with E-state index in [0.29, 0.717) is 0 Å². The van der Waals surface area contributed by atoms with Crippen molar-refractivity contribution in [3.63, 3.8) is 0 Å². The average molecular weight is 379 g/mol. The first-order valence-corrected chi connectivity index (χ1v) is 8.08. The molecule has 0 saturated carbocycles. The highest BCUT2D eigenvalue weighted by Gasteiger charge is 2.50. The second-order valence-electron chi connectivity index (χ2n) is 6.24. The van der Waals surface area contributed by atoms with E-state index < -0.39 is 73.9 Å². The molecule has 1 unspecified atom stereocenters. The van der Waals surface area contributed by atoms with Crippen molar-refractivity contribution in [2.75, 3.05) is 6.61 Å². The molecule has 0 aromatic rings. The molecular formula is C15H25NO10. The minimum Gasteiger partial charge on any atom is -0.394 e. The summed E-state index contributed by atoms with van der Waals surface area (Å²) in [7, 11) is 0. The topological polar surface area (TPSA) is 178 Å². The molecule has 26 heavy (non-hydrogen) atoms. The molecule has 0 aliphatic carbocycles. The largest absolute Gasteiger partial charge is 0.394 e. The first-order valence-electron chi connectivity index (χ1n) is 8.08. The Morgan fingerprint density at radius 3 is 2.31 bits per heavy atom. The van der Waals surface area contributed by atoms with Gasteiger partial charge in [0.1, 0.15) is 48.8 Å². The van der Waals surface area contributed by atoms with E-state index in [4.69, 9.17) is 14.2 Å². The van der Waals surface area contributed by atoms with Crippen LogP contribution in [0.25, 0.3) is 0 Å². The Kier molecular flexibility index (Phi) is 7.07. The Bertz CT molecular complexity index is 505. The second kappa shape index (κ2) is 8.69. The summed E-state index contributed by atoms with van der Waals surface area (Å²) in [6.45, 7) is 3.97. The van der Waals surface area contributed by atoms with E-state index in [-0.39, 0.29) is 0 Å². The van der Waals surface area contributed by atoms with E-state index in [1.165, 1.54) is 13.0 Å². The Hall–Kier alpha value is -1.15. The van der Waals surface area contributed by atoms with Gasteiger partial charge in [0.25, 0.3) is 0 Å². The first kappa shape index (κ1) is 21.2. The highest BCUT2D eigenvalue weighted by atomic mass is 16.7. The van der Waals surface area contributed by atoms with Crippen molar-refractivity contribution in [3.05, 3.63) is 12.7 Å². The third kappa shape index (κ3) is 4.22. The fourth-order valence-corrected chi connectivity index (χ4v) is 2.98. The molecule has 2 fully saturated rings. The molecule has 2 rings (SSSR count). The SMILES string of the molecule is C=C[C@H]1O[C@@H](O[C@H]2[C@H](O)[C@@H](NC(C)=O)C(O)O[C@@H]2CO)[C@H](O)[C@@H](O)[C@H]1O. The molecule has 2 aliphatic rings. The van der Waals surface area contributed by atoms with Crippen molar-refractivity contribution in [2.45, 2.75) is 68.3 Å². The first-order chi connectivity index (χ1) is 12.2. The number of carbonyl (C=O) groups is 1. The maximum atomic E-state index is 11.2. The van der Waals surface area contributed by atoms with Crippen molar-refractivity contribution in [1.82, 2.24) is 5.32 Å². The third-order valence-electron chi connectivity index (χ3n) is 4.37. The Morgan fingerprint density at radius 1 is 1.12 bits per heavy atom. The fourth-order valence-electron chi connectivity index (χ4n) is 2.98. The van der Waals surface area contributed by atoms with Gasteiger partial charge < -0.3 is 50.2 Å². The lowest BCUT2D eigenvalue weighted by Gasteiger charge is -2.46. The lowest BCUT2D eigenvalue weighted by molar-refractivity contribution is -0.338. The molecule has 1 amide bonds. The Morgan fingerprint density at radius 2 is 1.77 bits per heavy atom. The van der Waals surface area contributed by atoms with Gasteiger partial charge in [-0.3, -0.25) is 4.79 Å². The number of amides is 1. The van der Waals surface area contributed by atoms with Crippen LogP contribution in [0.2, 0.25) is 0 Å². The predicted molar refractivity (Wildman–Crippen MR) is 83.3 cm³/mol. The number of rotatable bonds is 5. The quantitative estimate of drug-likeness (QED) is 0.232. The molecule has 0 aromatic carbocycles. The second-order valence-corrected chi connectivity index (χ2v) is 6.24. The van der Waals surface area contributed by atoms with Gasteiger partial charge in [-0.25, -0.2) is 0 Å². The van der Waals surface area contributed by atoms with Gasteiger partial charge in [0.2, 0.25) is 5.91 Å². The van der Waals surface area contributed by atoms with E-state index in [1.54, 1.807) is 0 Å². The maximum absolute atomic E-state index is 11.2. The van der Waals surface area contributed by atoms with Gasteiger partial charge in [-0.15, -0.1) is 6.58 Å². The van der Waals surface area contributed by atoms with E-state index >= 15 is 0 Å². The standard InChI is InChI=1S/C15H25NO10/c1-3-6-9(19)11(21)12(22)15(25-6)26-13-7(4-17)24-14(23)8(10(13)20)16-5(2)18/h3,6-15,17,19-23H,1,4H2,2H3,(H,16,18)/t6-,7-,8-,9+,10-,11+,12-,13-,14?,15+/m1/s1. The van der Waals surface area contributed by atoms with E-state index in [0.717, 1.165) is 0 Å². The van der Waals surface area contributed by atoms with Crippen LogP contribution in [0, 0.1) is 0 Å². The van der Waals surface area contributed by atoms with Crippen LogP contribution >= 0.6 is 0 Å². The molecule has 0 bridgehead atoms. The van der Waals surface area contributed by atoms with Gasteiger partial charge in [-0.05, 0) is 0 Å². The van der Waals surface area contributed by atoms with Gasteiger partial charge in [-0.1, -0.05) is 6.08 Å². The molecule has 11 nitrogen and oxygen atoms in total. The molecule has 150 valence electrons. The minimum absolute atomic E-state index is 0.544. The highest BCUT2D eigenvalue weighted by molar-refractivity contribution is 5.73. The van der Waals surface area contributed by atoms with E-state index in [1.807, 2.05) is 0 Å². The van der Waals surface area contributed by atoms with Crippen LogP contribution in [0.5, 0.6) is 0 Å². The predicted octanol–water partition coefficient (Wildman–Crippen LogP) is -4.06. The number of aliphatic hydroxyl groups excluding tert-OH is 6. The molecule has 0 spiro atoms. The number of carbonyl (C=O) groups excluding carboxylic acids is 1. The maximum Gasteiger partial charge on any atom is 0.217 e. The van der Waals surface area contributed by atoms with Crippen LogP contribution in [0.4, 0.5) is 0 Å². The van der Waals surface area contributed by atoms with Crippen LogP contribution in [-0.2, 0) is 19.0 Å². The molecule has 2 heterocycles. The monoisotopic (exact) mass is 379 g/mol. The number of hydrogen-bond acceptors (Lipinski definition) is 10. The molecule has 2 aliphatic heterocycles. The van der Waals surface area contributed by atoms with Crippen molar-refractivity contribution in [2.24, 2.45) is 0 Å². The molecule has 0 radical (unpaired) electrons. The van der Waals surface area contributed by atoms with Crippen LogP contribution in [0.15, 0.2) is 12.7 Å². The zero-order chi connectivity index (χ0) is 19.6. The summed E-state index contributed by atoms with van der Waals surface area (Å²) in [5.41, 5.74) is 0. The number of hydrogen-bond donors (Lipinski definition) is 7. The summed E-state index contributed by atoms with van der Waals surface area (Å²) < 4.78 is 15.9. The Balaban J connectivity index is 2.18. The molecule has 10 atom stereocenters. The third-order valence-corrected chi connectivity index (χ3v) is 4.37. The summed E-state index contributed by atoms with van der Waals surface area (Å²) in [6, 6.07) is -1.26. The van der Waals surface area contributed by atoms with Gasteiger partial charge in [0, 0.05) is 6.92 Å². The number of nitrogens with one attached hydrogen (secondary N) is 1. The van der Waals surface area contributed by atoms with Crippen LogP contribution in [0.3, 0.4) is 0 Å². The smallest absolute Gasteiger partial charge is 0.217 e. The van der Waals surface area contributed by atoms with Crippen LogP contribution in [-0.4, -0.2) is 105 Å². The summed E-state index contributed by atoms with van der Waals surface area (Å²) in [5.74, 6) is -0.544. The van der Waals surface area contributed by atoms with E-state index in [2.05, 4.69) is 11.9 Å². The van der Waals surface area contributed by atoms with Gasteiger partial charge in [0.15, 0.2) is 12.6 Å². The summed E-state index contributed by atoms with van der Waals surface area (Å²) >= 11 is 0. The number of ether oxygens (including phenoxy) is 3. The zero-order valence-electron chi connectivity index (χ0n) is 14.1. The van der Waals surface area contributed by atoms with E-state index in [9.17, 15) is 35.4 Å². The van der Waals surface area contributed by atoms with Gasteiger partial charge in [-0.2, -0.15) is 0 Å². The fraction of sp³-hybridized carbons (Fsp3) is 0.800. The lowest BCUT2D eigenvalue weighted by atomic mass is 9.95. The van der Waals surface area contributed by atoms with Crippen LogP contribution in [0.1, 0.15) is 6.92 Å². The highest BCUT2D eigenvalue weighted by Crippen LogP contribution is 2.28. The molecule has 0 aromatic heterocycles. The van der Waals surface area contributed by atoms with Crippen molar-refractivity contribution in [3.8, 4) is 0 Å². The summed E-state index contributed by atoms with van der Waals surface area (Å²) in [6.07, 6.45) is -11.7.